The second-order valence-corrected chi connectivity index (χ2v) is 6.09. The van der Waals surface area contributed by atoms with Gasteiger partial charge < -0.3 is 5.11 Å². The van der Waals surface area contributed by atoms with Gasteiger partial charge in [-0.05, 0) is 44.5 Å². The molecule has 0 amide bonds. The molecule has 0 spiro atoms. The summed E-state index contributed by atoms with van der Waals surface area (Å²) in [5.74, 6) is -0.954. The van der Waals surface area contributed by atoms with Gasteiger partial charge in [-0.2, -0.15) is 0 Å². The molecule has 2 aliphatic rings. The normalized spacial score (nSPS) is 24.3. The molecule has 1 aromatic heterocycles. The average Bonchev–Trinajstić information content (AvgIpc) is 2.97. The summed E-state index contributed by atoms with van der Waals surface area (Å²) >= 11 is 0. The molecule has 1 atom stereocenters. The number of rotatable bonds is 4. The minimum Gasteiger partial charge on any atom is -0.477 e. The number of hydrogen-bond acceptors (Lipinski definition) is 4. The molecule has 0 unspecified atom stereocenters. The number of nitrogens with zero attached hydrogens (tertiary/aromatic N) is 3. The molecule has 3 heterocycles. The number of piperidine rings is 1. The maximum atomic E-state index is 11.0. The van der Waals surface area contributed by atoms with E-state index in [2.05, 4.69) is 14.8 Å². The number of carboxylic acid groups (broad SMARTS) is 1. The van der Waals surface area contributed by atoms with Gasteiger partial charge in [-0.1, -0.05) is 12.5 Å². The zero-order chi connectivity index (χ0) is 14.7. The Bertz CT molecular complexity index is 500. The fourth-order valence-corrected chi connectivity index (χ4v) is 3.45. The monoisotopic (exact) mass is 289 g/mol. The first kappa shape index (κ1) is 14.5. The minimum absolute atomic E-state index is 0.138. The number of pyridine rings is 1. The number of likely N-dealkylation sites (tertiary alicyclic amines) is 2. The quantitative estimate of drug-likeness (QED) is 0.916. The molecule has 0 aromatic carbocycles. The molecule has 114 valence electrons. The van der Waals surface area contributed by atoms with Gasteiger partial charge in [0, 0.05) is 25.7 Å². The van der Waals surface area contributed by atoms with Crippen molar-refractivity contribution in [2.24, 2.45) is 0 Å². The predicted molar refractivity (Wildman–Crippen MR) is 80.3 cm³/mol. The molecule has 1 aromatic rings. The van der Waals surface area contributed by atoms with Crippen molar-refractivity contribution in [3.05, 3.63) is 29.6 Å². The van der Waals surface area contributed by atoms with Crippen molar-refractivity contribution >= 4 is 5.97 Å². The van der Waals surface area contributed by atoms with Gasteiger partial charge in [0.05, 0.1) is 5.69 Å². The van der Waals surface area contributed by atoms with E-state index in [1.54, 1.807) is 12.1 Å². The first-order chi connectivity index (χ1) is 10.2. The molecule has 3 rings (SSSR count). The van der Waals surface area contributed by atoms with E-state index in [1.165, 1.54) is 38.8 Å². The van der Waals surface area contributed by atoms with E-state index in [4.69, 9.17) is 5.11 Å². The summed E-state index contributed by atoms with van der Waals surface area (Å²) in [5, 5.41) is 9.00. The van der Waals surface area contributed by atoms with Crippen LogP contribution in [0.15, 0.2) is 18.2 Å². The van der Waals surface area contributed by atoms with Crippen LogP contribution in [0, 0.1) is 0 Å². The Balaban J connectivity index is 1.56. The highest BCUT2D eigenvalue weighted by Crippen LogP contribution is 2.21. The largest absolute Gasteiger partial charge is 0.477 e. The maximum absolute atomic E-state index is 11.0. The van der Waals surface area contributed by atoms with E-state index in [0.717, 1.165) is 25.3 Å². The van der Waals surface area contributed by atoms with Crippen LogP contribution in [0.2, 0.25) is 0 Å². The molecule has 2 fully saturated rings. The van der Waals surface area contributed by atoms with E-state index < -0.39 is 5.97 Å². The lowest BCUT2D eigenvalue weighted by Gasteiger charge is -2.32. The van der Waals surface area contributed by atoms with Crippen molar-refractivity contribution in [2.45, 2.75) is 38.3 Å². The van der Waals surface area contributed by atoms with Crippen LogP contribution in [0.5, 0.6) is 0 Å². The maximum Gasteiger partial charge on any atom is 0.354 e. The van der Waals surface area contributed by atoms with Crippen LogP contribution in [0.25, 0.3) is 0 Å². The highest BCUT2D eigenvalue weighted by molar-refractivity contribution is 5.85. The topological polar surface area (TPSA) is 56.7 Å². The summed E-state index contributed by atoms with van der Waals surface area (Å²) in [6.07, 6.45) is 5.26. The molecular weight excluding hydrogens is 266 g/mol. The van der Waals surface area contributed by atoms with Gasteiger partial charge >= 0.3 is 5.97 Å². The SMILES string of the molecule is O=C(O)c1cccc(CN2CC[C@H](N3CCCCC3)C2)n1. The molecule has 5 heteroatoms. The highest BCUT2D eigenvalue weighted by Gasteiger charge is 2.28. The summed E-state index contributed by atoms with van der Waals surface area (Å²) in [5.41, 5.74) is 0.994. The van der Waals surface area contributed by atoms with Gasteiger partial charge in [0.25, 0.3) is 0 Å². The standard InChI is InChI=1S/C16H23N3O2/c20-16(21)15-6-4-5-13(17-15)11-18-10-7-14(12-18)19-8-2-1-3-9-19/h4-6,14H,1-3,7-12H2,(H,20,21)/t14-/m0/s1. The number of aromatic nitrogens is 1. The van der Waals surface area contributed by atoms with Crippen molar-refractivity contribution in [1.29, 1.82) is 0 Å². The van der Waals surface area contributed by atoms with Crippen molar-refractivity contribution in [3.63, 3.8) is 0 Å². The number of hydrogen-bond donors (Lipinski definition) is 1. The molecule has 2 aliphatic heterocycles. The lowest BCUT2D eigenvalue weighted by Crippen LogP contribution is -2.40. The Kier molecular flexibility index (Phi) is 4.51. The van der Waals surface area contributed by atoms with Gasteiger partial charge in [0.15, 0.2) is 0 Å². The highest BCUT2D eigenvalue weighted by atomic mass is 16.4. The van der Waals surface area contributed by atoms with Crippen molar-refractivity contribution in [2.75, 3.05) is 26.2 Å². The fourth-order valence-electron chi connectivity index (χ4n) is 3.45. The molecule has 2 saturated heterocycles. The number of carboxylic acids is 1. The third-order valence-electron chi connectivity index (χ3n) is 4.57. The molecule has 0 aliphatic carbocycles. The van der Waals surface area contributed by atoms with E-state index in [1.807, 2.05) is 6.07 Å². The van der Waals surface area contributed by atoms with Crippen LogP contribution >= 0.6 is 0 Å². The van der Waals surface area contributed by atoms with Gasteiger partial charge in [0.2, 0.25) is 0 Å². The van der Waals surface area contributed by atoms with E-state index in [0.29, 0.717) is 6.04 Å². The smallest absolute Gasteiger partial charge is 0.354 e. The molecule has 21 heavy (non-hydrogen) atoms. The first-order valence-electron chi connectivity index (χ1n) is 7.88. The average molecular weight is 289 g/mol. The second-order valence-electron chi connectivity index (χ2n) is 6.09. The van der Waals surface area contributed by atoms with Crippen molar-refractivity contribution < 1.29 is 9.90 Å². The lowest BCUT2D eigenvalue weighted by molar-refractivity contribution is 0.0690. The summed E-state index contributed by atoms with van der Waals surface area (Å²) < 4.78 is 0. The van der Waals surface area contributed by atoms with Crippen LogP contribution in [0.3, 0.4) is 0 Å². The summed E-state index contributed by atoms with van der Waals surface area (Å²) in [7, 11) is 0. The van der Waals surface area contributed by atoms with Crippen LogP contribution in [-0.4, -0.2) is 58.1 Å². The van der Waals surface area contributed by atoms with Crippen LogP contribution in [-0.2, 0) is 6.54 Å². The summed E-state index contributed by atoms with van der Waals surface area (Å²) in [4.78, 5) is 20.2. The van der Waals surface area contributed by atoms with Crippen molar-refractivity contribution in [3.8, 4) is 0 Å². The number of carbonyl (C=O) groups is 1. The predicted octanol–water partition coefficient (Wildman–Crippen LogP) is 1.84. The first-order valence-corrected chi connectivity index (χ1v) is 7.88. The van der Waals surface area contributed by atoms with E-state index in [9.17, 15) is 4.79 Å². The van der Waals surface area contributed by atoms with Gasteiger partial charge in [-0.3, -0.25) is 9.80 Å². The van der Waals surface area contributed by atoms with Gasteiger partial charge in [0.1, 0.15) is 5.69 Å². The van der Waals surface area contributed by atoms with Crippen molar-refractivity contribution in [1.82, 2.24) is 14.8 Å². The zero-order valence-corrected chi connectivity index (χ0v) is 12.4. The van der Waals surface area contributed by atoms with Gasteiger partial charge in [-0.15, -0.1) is 0 Å². The Morgan fingerprint density at radius 3 is 2.81 bits per heavy atom. The molecule has 0 saturated carbocycles. The number of aromatic carboxylic acids is 1. The van der Waals surface area contributed by atoms with E-state index in [-0.39, 0.29) is 5.69 Å². The Morgan fingerprint density at radius 1 is 1.24 bits per heavy atom. The third-order valence-corrected chi connectivity index (χ3v) is 4.57. The summed E-state index contributed by atoms with van der Waals surface area (Å²) in [6.45, 7) is 5.40. The minimum atomic E-state index is -0.954. The fraction of sp³-hybridized carbons (Fsp3) is 0.625. The van der Waals surface area contributed by atoms with Crippen LogP contribution in [0.1, 0.15) is 41.9 Å². The molecule has 0 radical (unpaired) electrons. The summed E-state index contributed by atoms with van der Waals surface area (Å²) in [6, 6.07) is 5.92. The van der Waals surface area contributed by atoms with Crippen LogP contribution in [0.4, 0.5) is 0 Å². The second kappa shape index (κ2) is 6.54. The Morgan fingerprint density at radius 2 is 2.05 bits per heavy atom. The molecule has 1 N–H and O–H groups in total. The lowest BCUT2D eigenvalue weighted by atomic mass is 10.1. The Labute approximate surface area is 125 Å². The Hall–Kier alpha value is -1.46. The third kappa shape index (κ3) is 3.60. The van der Waals surface area contributed by atoms with E-state index >= 15 is 0 Å². The van der Waals surface area contributed by atoms with Gasteiger partial charge in [-0.25, -0.2) is 9.78 Å². The zero-order valence-electron chi connectivity index (χ0n) is 12.4. The molecular formula is C16H23N3O2. The molecule has 5 nitrogen and oxygen atoms in total. The van der Waals surface area contributed by atoms with Crippen LogP contribution < -0.4 is 0 Å². The molecule has 0 bridgehead atoms.